The first kappa shape index (κ1) is 17.8. The number of hydrogen-bond acceptors (Lipinski definition) is 5. The molecule has 0 saturated carbocycles. The number of aromatic nitrogens is 1. The van der Waals surface area contributed by atoms with Crippen LogP contribution in [0.2, 0.25) is 0 Å². The summed E-state index contributed by atoms with van der Waals surface area (Å²) in [5.74, 6) is 0.677. The zero-order valence-corrected chi connectivity index (χ0v) is 15.4. The summed E-state index contributed by atoms with van der Waals surface area (Å²) in [6.45, 7) is 9.73. The first-order valence-corrected chi connectivity index (χ1v) is 9.25. The molecule has 3 heterocycles. The van der Waals surface area contributed by atoms with Gasteiger partial charge in [0.25, 0.3) is 0 Å². The Balaban J connectivity index is 1.57. The predicted molar refractivity (Wildman–Crippen MR) is 97.1 cm³/mol. The van der Waals surface area contributed by atoms with Crippen LogP contribution in [0.15, 0.2) is 24.5 Å². The number of pyridine rings is 1. The second-order valence-electron chi connectivity index (χ2n) is 7.46. The van der Waals surface area contributed by atoms with E-state index in [-0.39, 0.29) is 0 Å². The number of rotatable bonds is 6. The van der Waals surface area contributed by atoms with Gasteiger partial charge in [0, 0.05) is 50.7 Å². The molecule has 0 N–H and O–H groups in total. The van der Waals surface area contributed by atoms with E-state index in [1.54, 1.807) is 0 Å². The van der Waals surface area contributed by atoms with E-state index in [9.17, 15) is 0 Å². The molecule has 3 atom stereocenters. The third-order valence-electron chi connectivity index (χ3n) is 5.70. The highest BCUT2D eigenvalue weighted by Crippen LogP contribution is 2.36. The fourth-order valence-electron chi connectivity index (χ4n) is 4.14. The van der Waals surface area contributed by atoms with Crippen molar-refractivity contribution in [3.63, 3.8) is 0 Å². The molecule has 0 bridgehead atoms. The van der Waals surface area contributed by atoms with Gasteiger partial charge in [-0.15, -0.1) is 0 Å². The van der Waals surface area contributed by atoms with Crippen molar-refractivity contribution in [1.82, 2.24) is 19.7 Å². The summed E-state index contributed by atoms with van der Waals surface area (Å²) < 4.78 is 5.46. The van der Waals surface area contributed by atoms with Gasteiger partial charge in [0.15, 0.2) is 0 Å². The second-order valence-corrected chi connectivity index (χ2v) is 7.46. The van der Waals surface area contributed by atoms with Gasteiger partial charge in [0.05, 0.1) is 13.2 Å². The van der Waals surface area contributed by atoms with E-state index >= 15 is 0 Å². The Kier molecular flexibility index (Phi) is 6.22. The van der Waals surface area contributed by atoms with Crippen LogP contribution in [0.3, 0.4) is 0 Å². The van der Waals surface area contributed by atoms with Crippen LogP contribution >= 0.6 is 0 Å². The zero-order valence-electron chi connectivity index (χ0n) is 15.4. The van der Waals surface area contributed by atoms with Crippen LogP contribution in [0.5, 0.6) is 0 Å². The Morgan fingerprint density at radius 3 is 2.83 bits per heavy atom. The first-order valence-electron chi connectivity index (χ1n) is 9.25. The third kappa shape index (κ3) is 4.33. The van der Waals surface area contributed by atoms with Crippen molar-refractivity contribution in [2.45, 2.75) is 25.4 Å². The molecule has 2 aliphatic rings. The topological polar surface area (TPSA) is 31.8 Å². The molecule has 24 heavy (non-hydrogen) atoms. The molecule has 2 aliphatic heterocycles. The quantitative estimate of drug-likeness (QED) is 0.792. The average Bonchev–Trinajstić information content (AvgIpc) is 2.97. The number of hydrogen-bond donors (Lipinski definition) is 0. The molecule has 0 aliphatic carbocycles. The normalized spacial score (nSPS) is 27.7. The molecule has 2 saturated heterocycles. The third-order valence-corrected chi connectivity index (χ3v) is 5.70. The molecule has 0 spiro atoms. The molecule has 5 nitrogen and oxygen atoms in total. The van der Waals surface area contributed by atoms with E-state index in [1.807, 2.05) is 12.4 Å². The van der Waals surface area contributed by atoms with E-state index in [2.05, 4.69) is 52.8 Å². The van der Waals surface area contributed by atoms with Crippen molar-refractivity contribution >= 4 is 0 Å². The van der Waals surface area contributed by atoms with E-state index in [0.717, 1.165) is 39.4 Å². The van der Waals surface area contributed by atoms with Crippen molar-refractivity contribution in [3.05, 3.63) is 30.1 Å². The van der Waals surface area contributed by atoms with Crippen molar-refractivity contribution in [2.75, 3.05) is 60.0 Å². The number of likely N-dealkylation sites (N-methyl/N-ethyl adjacent to an activating group) is 1. The summed E-state index contributed by atoms with van der Waals surface area (Å²) in [7, 11) is 4.53. The van der Waals surface area contributed by atoms with E-state index in [4.69, 9.17) is 4.74 Å². The van der Waals surface area contributed by atoms with Crippen molar-refractivity contribution in [1.29, 1.82) is 0 Å². The fourth-order valence-corrected chi connectivity index (χ4v) is 4.14. The highest BCUT2D eigenvalue weighted by molar-refractivity contribution is 5.17. The van der Waals surface area contributed by atoms with Gasteiger partial charge >= 0.3 is 0 Å². The highest BCUT2D eigenvalue weighted by Gasteiger charge is 2.34. The molecule has 1 aromatic heterocycles. The Morgan fingerprint density at radius 2 is 2.12 bits per heavy atom. The fraction of sp³-hybridized carbons (Fsp3) is 0.737. The van der Waals surface area contributed by atoms with Gasteiger partial charge in [0.2, 0.25) is 0 Å². The van der Waals surface area contributed by atoms with E-state index in [0.29, 0.717) is 18.0 Å². The largest absolute Gasteiger partial charge is 0.379 e. The van der Waals surface area contributed by atoms with Gasteiger partial charge < -0.3 is 9.64 Å². The van der Waals surface area contributed by atoms with Crippen molar-refractivity contribution < 1.29 is 4.74 Å². The smallest absolute Gasteiger partial charge is 0.0594 e. The summed E-state index contributed by atoms with van der Waals surface area (Å²) in [4.78, 5) is 11.9. The summed E-state index contributed by atoms with van der Waals surface area (Å²) in [6.07, 6.45) is 5.17. The lowest BCUT2D eigenvalue weighted by molar-refractivity contribution is 0.0251. The number of nitrogens with zero attached hydrogens (tertiary/aromatic N) is 4. The van der Waals surface area contributed by atoms with Crippen LogP contribution in [0.4, 0.5) is 0 Å². The Hall–Kier alpha value is -1.01. The van der Waals surface area contributed by atoms with Crippen LogP contribution in [0.1, 0.15) is 24.9 Å². The maximum absolute atomic E-state index is 5.46. The minimum atomic E-state index is 0.497. The zero-order chi connectivity index (χ0) is 16.9. The van der Waals surface area contributed by atoms with Crippen LogP contribution < -0.4 is 0 Å². The molecule has 0 amide bonds. The lowest BCUT2D eigenvalue weighted by atomic mass is 9.94. The van der Waals surface area contributed by atoms with Gasteiger partial charge in [-0.1, -0.05) is 6.07 Å². The van der Waals surface area contributed by atoms with Gasteiger partial charge in [0.1, 0.15) is 0 Å². The second kappa shape index (κ2) is 8.39. The number of morpholine rings is 1. The molecule has 134 valence electrons. The summed E-state index contributed by atoms with van der Waals surface area (Å²) in [6, 6.07) is 5.35. The van der Waals surface area contributed by atoms with E-state index in [1.165, 1.54) is 18.5 Å². The average molecular weight is 332 g/mol. The molecule has 3 rings (SSSR count). The van der Waals surface area contributed by atoms with Gasteiger partial charge in [-0.05, 0) is 51.5 Å². The first-order chi connectivity index (χ1) is 11.6. The molecule has 5 heteroatoms. The summed E-state index contributed by atoms with van der Waals surface area (Å²) in [5, 5.41) is 0. The molecule has 0 radical (unpaired) electrons. The summed E-state index contributed by atoms with van der Waals surface area (Å²) >= 11 is 0. The standard InChI is InChI=1S/C19H32N4O/c1-16(14-23-9-11-24-12-10-23)22(3)15-18-6-8-21(2)19(18)17-5-4-7-20-13-17/h4-5,7,13,16,18-19H,6,8-12,14-15H2,1-3H3/t16-,18+,19+/m1/s1. The van der Waals surface area contributed by atoms with Crippen molar-refractivity contribution in [2.24, 2.45) is 5.92 Å². The Bertz CT molecular complexity index is 491. The molecule has 0 aromatic carbocycles. The van der Waals surface area contributed by atoms with Crippen molar-refractivity contribution in [3.8, 4) is 0 Å². The van der Waals surface area contributed by atoms with Gasteiger partial charge in [-0.25, -0.2) is 0 Å². The van der Waals surface area contributed by atoms with Crippen LogP contribution in [0.25, 0.3) is 0 Å². The SMILES string of the molecule is C[C@H](CN1CCOCC1)N(C)C[C@@H]1CCN(C)[C@H]1c1cccnc1. The Labute approximate surface area is 146 Å². The molecular weight excluding hydrogens is 300 g/mol. The minimum absolute atomic E-state index is 0.497. The van der Waals surface area contributed by atoms with Gasteiger partial charge in [-0.3, -0.25) is 14.8 Å². The molecular formula is C19H32N4O. The van der Waals surface area contributed by atoms with Crippen LogP contribution in [0, 0.1) is 5.92 Å². The van der Waals surface area contributed by atoms with Crippen LogP contribution in [-0.4, -0.2) is 85.8 Å². The predicted octanol–water partition coefficient (Wildman–Crippen LogP) is 1.73. The van der Waals surface area contributed by atoms with Gasteiger partial charge in [-0.2, -0.15) is 0 Å². The number of ether oxygens (including phenoxy) is 1. The maximum Gasteiger partial charge on any atom is 0.0594 e. The van der Waals surface area contributed by atoms with Crippen LogP contribution in [-0.2, 0) is 4.74 Å². The lowest BCUT2D eigenvalue weighted by Crippen LogP contribution is -2.46. The highest BCUT2D eigenvalue weighted by atomic mass is 16.5. The summed E-state index contributed by atoms with van der Waals surface area (Å²) in [5.41, 5.74) is 1.36. The minimum Gasteiger partial charge on any atom is -0.379 e. The molecule has 2 fully saturated rings. The monoisotopic (exact) mass is 332 g/mol. The number of likely N-dealkylation sites (tertiary alicyclic amines) is 1. The molecule has 0 unspecified atom stereocenters. The van der Waals surface area contributed by atoms with E-state index < -0.39 is 0 Å². The Morgan fingerprint density at radius 1 is 1.33 bits per heavy atom. The molecule has 1 aromatic rings. The maximum atomic E-state index is 5.46. The lowest BCUT2D eigenvalue weighted by Gasteiger charge is -2.35.